The number of ether oxygens (including phenoxy) is 1. The SMILES string of the molecule is CC(C)(C)CC(=O)Nc1ccc2c(c1)CNCCO2.Cl. The van der Waals surface area contributed by atoms with Crippen LogP contribution in [-0.2, 0) is 11.3 Å². The van der Waals surface area contributed by atoms with Crippen molar-refractivity contribution in [2.45, 2.75) is 33.7 Å². The summed E-state index contributed by atoms with van der Waals surface area (Å²) in [6, 6.07) is 5.80. The van der Waals surface area contributed by atoms with Crippen molar-refractivity contribution in [3.8, 4) is 5.75 Å². The summed E-state index contributed by atoms with van der Waals surface area (Å²) < 4.78 is 5.61. The molecule has 0 atom stereocenters. The Balaban J connectivity index is 0.00000200. The minimum absolute atomic E-state index is 0. The van der Waals surface area contributed by atoms with Crippen LogP contribution >= 0.6 is 12.4 Å². The lowest BCUT2D eigenvalue weighted by molar-refractivity contribution is -0.117. The van der Waals surface area contributed by atoms with Gasteiger partial charge < -0.3 is 15.4 Å². The fraction of sp³-hybridized carbons (Fsp3) is 0.533. The molecule has 0 saturated heterocycles. The summed E-state index contributed by atoms with van der Waals surface area (Å²) in [5, 5.41) is 6.23. The Morgan fingerprint density at radius 2 is 2.15 bits per heavy atom. The molecule has 2 N–H and O–H groups in total. The van der Waals surface area contributed by atoms with Crippen LogP contribution in [0.25, 0.3) is 0 Å². The van der Waals surface area contributed by atoms with E-state index in [0.717, 1.165) is 30.1 Å². The number of halogens is 1. The van der Waals surface area contributed by atoms with Gasteiger partial charge in [-0.1, -0.05) is 20.8 Å². The number of rotatable bonds is 2. The van der Waals surface area contributed by atoms with Crippen molar-refractivity contribution >= 4 is 24.0 Å². The van der Waals surface area contributed by atoms with Gasteiger partial charge in [0.05, 0.1) is 0 Å². The molecule has 0 radical (unpaired) electrons. The first-order valence-corrected chi connectivity index (χ1v) is 6.70. The zero-order chi connectivity index (χ0) is 13.9. The van der Waals surface area contributed by atoms with Crippen LogP contribution in [0.1, 0.15) is 32.8 Å². The summed E-state index contributed by atoms with van der Waals surface area (Å²) in [4.78, 5) is 11.9. The first-order chi connectivity index (χ1) is 8.94. The number of hydrogen-bond donors (Lipinski definition) is 2. The van der Waals surface area contributed by atoms with E-state index in [1.165, 1.54) is 0 Å². The van der Waals surface area contributed by atoms with Crippen LogP contribution in [0.15, 0.2) is 18.2 Å². The number of carbonyl (C=O) groups is 1. The van der Waals surface area contributed by atoms with E-state index in [-0.39, 0.29) is 23.7 Å². The third kappa shape index (κ3) is 5.02. The zero-order valence-electron chi connectivity index (χ0n) is 12.3. The zero-order valence-corrected chi connectivity index (χ0v) is 13.1. The lowest BCUT2D eigenvalue weighted by Gasteiger charge is -2.17. The maximum atomic E-state index is 11.9. The third-order valence-corrected chi connectivity index (χ3v) is 2.89. The van der Waals surface area contributed by atoms with Gasteiger partial charge in [0, 0.05) is 30.8 Å². The summed E-state index contributed by atoms with van der Waals surface area (Å²) in [5.74, 6) is 0.953. The summed E-state index contributed by atoms with van der Waals surface area (Å²) in [7, 11) is 0. The number of benzene rings is 1. The van der Waals surface area contributed by atoms with Gasteiger partial charge in [-0.15, -0.1) is 12.4 Å². The number of nitrogens with one attached hydrogen (secondary N) is 2. The smallest absolute Gasteiger partial charge is 0.224 e. The minimum atomic E-state index is 0. The van der Waals surface area contributed by atoms with Crippen LogP contribution in [0.3, 0.4) is 0 Å². The van der Waals surface area contributed by atoms with Gasteiger partial charge in [0.15, 0.2) is 0 Å². The number of carbonyl (C=O) groups excluding carboxylic acids is 1. The Bertz CT molecular complexity index is 469. The average Bonchev–Trinajstić information content (AvgIpc) is 2.50. The van der Waals surface area contributed by atoms with Crippen molar-refractivity contribution in [3.63, 3.8) is 0 Å². The second-order valence-electron chi connectivity index (χ2n) is 6.13. The van der Waals surface area contributed by atoms with E-state index in [4.69, 9.17) is 4.74 Å². The predicted octanol–water partition coefficient (Wildman–Crippen LogP) is 2.97. The number of amides is 1. The fourth-order valence-electron chi connectivity index (χ4n) is 2.08. The highest BCUT2D eigenvalue weighted by Crippen LogP contribution is 2.25. The molecular weight excluding hydrogens is 276 g/mol. The highest BCUT2D eigenvalue weighted by Gasteiger charge is 2.16. The van der Waals surface area contributed by atoms with Crippen LogP contribution in [0.4, 0.5) is 5.69 Å². The van der Waals surface area contributed by atoms with Crippen LogP contribution in [-0.4, -0.2) is 19.1 Å². The molecule has 1 amide bonds. The molecule has 4 nitrogen and oxygen atoms in total. The monoisotopic (exact) mass is 298 g/mol. The van der Waals surface area contributed by atoms with E-state index < -0.39 is 0 Å². The number of fused-ring (bicyclic) bond motifs is 1. The molecule has 0 bridgehead atoms. The first kappa shape index (κ1) is 16.8. The lowest BCUT2D eigenvalue weighted by atomic mass is 9.92. The van der Waals surface area contributed by atoms with Crippen molar-refractivity contribution in [2.75, 3.05) is 18.5 Å². The Morgan fingerprint density at radius 1 is 1.40 bits per heavy atom. The second kappa shape index (κ2) is 6.95. The summed E-state index contributed by atoms with van der Waals surface area (Å²) in [6.07, 6.45) is 0.513. The van der Waals surface area contributed by atoms with Gasteiger partial charge in [-0.2, -0.15) is 0 Å². The summed E-state index contributed by atoms with van der Waals surface area (Å²) >= 11 is 0. The molecule has 0 spiro atoms. The van der Waals surface area contributed by atoms with Crippen molar-refractivity contribution in [2.24, 2.45) is 5.41 Å². The maximum absolute atomic E-state index is 11.9. The van der Waals surface area contributed by atoms with Crippen molar-refractivity contribution in [3.05, 3.63) is 23.8 Å². The van der Waals surface area contributed by atoms with Crippen molar-refractivity contribution in [1.82, 2.24) is 5.32 Å². The van der Waals surface area contributed by atoms with Gasteiger partial charge in [-0.05, 0) is 23.6 Å². The Hall–Kier alpha value is -1.26. The van der Waals surface area contributed by atoms with Gasteiger partial charge in [0.1, 0.15) is 12.4 Å². The molecule has 1 aliphatic heterocycles. The highest BCUT2D eigenvalue weighted by atomic mass is 35.5. The van der Waals surface area contributed by atoms with Gasteiger partial charge in [-0.25, -0.2) is 0 Å². The summed E-state index contributed by atoms with van der Waals surface area (Å²) in [6.45, 7) is 8.48. The van der Waals surface area contributed by atoms with Crippen LogP contribution in [0, 0.1) is 5.41 Å². The van der Waals surface area contributed by atoms with Crippen LogP contribution in [0.5, 0.6) is 5.75 Å². The average molecular weight is 299 g/mol. The Labute approximate surface area is 126 Å². The Morgan fingerprint density at radius 3 is 2.85 bits per heavy atom. The highest BCUT2D eigenvalue weighted by molar-refractivity contribution is 5.91. The van der Waals surface area contributed by atoms with E-state index >= 15 is 0 Å². The molecule has 5 heteroatoms. The molecule has 20 heavy (non-hydrogen) atoms. The molecule has 1 heterocycles. The van der Waals surface area contributed by atoms with Crippen LogP contribution < -0.4 is 15.4 Å². The van der Waals surface area contributed by atoms with Gasteiger partial charge in [0.2, 0.25) is 5.91 Å². The van der Waals surface area contributed by atoms with Gasteiger partial charge in [0.25, 0.3) is 0 Å². The second-order valence-corrected chi connectivity index (χ2v) is 6.13. The Kier molecular flexibility index (Phi) is 5.84. The lowest BCUT2D eigenvalue weighted by Crippen LogP contribution is -2.19. The first-order valence-electron chi connectivity index (χ1n) is 6.70. The molecule has 1 aromatic rings. The molecule has 0 fully saturated rings. The quantitative estimate of drug-likeness (QED) is 0.882. The topological polar surface area (TPSA) is 50.4 Å². The summed E-state index contributed by atoms with van der Waals surface area (Å²) in [5.41, 5.74) is 1.92. The molecule has 0 aromatic heterocycles. The molecule has 0 saturated carbocycles. The molecule has 1 aliphatic rings. The normalized spacial score (nSPS) is 14.3. The largest absolute Gasteiger partial charge is 0.492 e. The van der Waals surface area contributed by atoms with E-state index in [1.54, 1.807) is 0 Å². The molecule has 0 unspecified atom stereocenters. The van der Waals surface area contributed by atoms with E-state index in [9.17, 15) is 4.79 Å². The number of hydrogen-bond acceptors (Lipinski definition) is 3. The van der Waals surface area contributed by atoms with Gasteiger partial charge >= 0.3 is 0 Å². The molecular formula is C15H23ClN2O2. The number of anilines is 1. The standard InChI is InChI=1S/C15H22N2O2.ClH/c1-15(2,3)9-14(18)17-12-4-5-13-11(8-12)10-16-6-7-19-13;/h4-5,8,16H,6-7,9-10H2,1-3H3,(H,17,18);1H. The van der Waals surface area contributed by atoms with Gasteiger partial charge in [-0.3, -0.25) is 4.79 Å². The van der Waals surface area contributed by atoms with Crippen molar-refractivity contribution < 1.29 is 9.53 Å². The van der Waals surface area contributed by atoms with E-state index in [1.807, 2.05) is 18.2 Å². The third-order valence-electron chi connectivity index (χ3n) is 2.89. The fourth-order valence-corrected chi connectivity index (χ4v) is 2.08. The molecule has 0 aliphatic carbocycles. The predicted molar refractivity (Wildman–Crippen MR) is 83.6 cm³/mol. The van der Waals surface area contributed by atoms with Crippen LogP contribution in [0.2, 0.25) is 0 Å². The molecule has 2 rings (SSSR count). The molecule has 112 valence electrons. The minimum Gasteiger partial charge on any atom is -0.492 e. The van der Waals surface area contributed by atoms with E-state index in [2.05, 4.69) is 31.4 Å². The van der Waals surface area contributed by atoms with Crippen molar-refractivity contribution in [1.29, 1.82) is 0 Å². The van der Waals surface area contributed by atoms with E-state index in [0.29, 0.717) is 13.0 Å². The maximum Gasteiger partial charge on any atom is 0.224 e. The molecule has 1 aromatic carbocycles.